The number of methoxy groups -OCH3 is 1. The fraction of sp³-hybridized carbons (Fsp3) is 0.556. The Labute approximate surface area is 164 Å². The summed E-state index contributed by atoms with van der Waals surface area (Å²) in [5.41, 5.74) is -0.695. The number of carboxylic acid groups (broad SMARTS) is 1. The third-order valence-corrected chi connectivity index (χ3v) is 6.32. The fourth-order valence-electron chi connectivity index (χ4n) is 2.81. The number of hydrogen-bond acceptors (Lipinski definition) is 6. The van der Waals surface area contributed by atoms with E-state index >= 15 is 0 Å². The number of benzene rings is 1. The smallest absolute Gasteiger partial charge is 0.326 e. The first-order chi connectivity index (χ1) is 13.0. The summed E-state index contributed by atoms with van der Waals surface area (Å²) in [4.78, 5) is 24.0. The van der Waals surface area contributed by atoms with Gasteiger partial charge in [-0.15, -0.1) is 0 Å². The van der Waals surface area contributed by atoms with Crippen molar-refractivity contribution in [3.63, 3.8) is 0 Å². The summed E-state index contributed by atoms with van der Waals surface area (Å²) < 4.78 is 37.6. The monoisotopic (exact) mass is 414 g/mol. The molecule has 0 aromatic heterocycles. The van der Waals surface area contributed by atoms with Gasteiger partial charge in [-0.3, -0.25) is 4.79 Å². The topological polar surface area (TPSA) is 122 Å². The van der Waals surface area contributed by atoms with E-state index < -0.39 is 33.4 Å². The van der Waals surface area contributed by atoms with Crippen LogP contribution in [0.1, 0.15) is 31.1 Å². The van der Waals surface area contributed by atoms with Gasteiger partial charge in [-0.1, -0.05) is 20.8 Å². The molecule has 0 spiro atoms. The molecule has 2 N–H and O–H groups in total. The number of carbonyl (C=O) groups excluding carboxylic acids is 1. The van der Waals surface area contributed by atoms with Gasteiger partial charge < -0.3 is 19.9 Å². The number of amides is 1. The van der Waals surface area contributed by atoms with Crippen LogP contribution in [0.2, 0.25) is 0 Å². The highest BCUT2D eigenvalue weighted by Gasteiger charge is 2.34. The zero-order chi connectivity index (χ0) is 21.1. The van der Waals surface area contributed by atoms with Crippen LogP contribution in [0.3, 0.4) is 0 Å². The number of hydrogen-bond donors (Lipinski definition) is 2. The number of carboxylic acids is 1. The molecule has 1 aliphatic heterocycles. The van der Waals surface area contributed by atoms with Crippen LogP contribution < -0.4 is 10.1 Å². The summed E-state index contributed by atoms with van der Waals surface area (Å²) in [6, 6.07) is 2.85. The first kappa shape index (κ1) is 22.1. The van der Waals surface area contributed by atoms with Gasteiger partial charge in [-0.25, -0.2) is 13.2 Å². The molecule has 0 aliphatic carbocycles. The average Bonchev–Trinajstić information content (AvgIpc) is 2.64. The first-order valence-electron chi connectivity index (χ1n) is 8.78. The van der Waals surface area contributed by atoms with E-state index in [1.54, 1.807) is 20.8 Å². The van der Waals surface area contributed by atoms with Gasteiger partial charge in [0.1, 0.15) is 16.7 Å². The lowest BCUT2D eigenvalue weighted by Crippen LogP contribution is -2.49. The Morgan fingerprint density at radius 3 is 2.36 bits per heavy atom. The molecule has 1 fully saturated rings. The summed E-state index contributed by atoms with van der Waals surface area (Å²) in [5.74, 6) is -1.74. The van der Waals surface area contributed by atoms with Gasteiger partial charge in [-0.2, -0.15) is 4.31 Å². The normalized spacial score (nSPS) is 17.0. The van der Waals surface area contributed by atoms with Crippen molar-refractivity contribution in [2.45, 2.75) is 31.7 Å². The molecule has 28 heavy (non-hydrogen) atoms. The van der Waals surface area contributed by atoms with Gasteiger partial charge in [0.05, 0.1) is 20.3 Å². The maximum absolute atomic E-state index is 13.0. The van der Waals surface area contributed by atoms with Crippen LogP contribution in [-0.4, -0.2) is 69.2 Å². The molecule has 1 unspecified atom stereocenters. The Balaban J connectivity index is 2.38. The van der Waals surface area contributed by atoms with Crippen molar-refractivity contribution in [2.75, 3.05) is 33.4 Å². The van der Waals surface area contributed by atoms with E-state index in [0.29, 0.717) is 0 Å². The van der Waals surface area contributed by atoms with E-state index in [4.69, 9.17) is 9.47 Å². The minimum absolute atomic E-state index is 0.0307. The molecule has 9 nitrogen and oxygen atoms in total. The Morgan fingerprint density at radius 1 is 1.25 bits per heavy atom. The summed E-state index contributed by atoms with van der Waals surface area (Å²) in [5, 5.41) is 11.9. The number of nitrogens with zero attached hydrogens (tertiary/aromatic N) is 1. The lowest BCUT2D eigenvalue weighted by Gasteiger charge is -2.28. The van der Waals surface area contributed by atoms with Crippen LogP contribution in [0.4, 0.5) is 0 Å². The highest BCUT2D eigenvalue weighted by molar-refractivity contribution is 7.89. The number of ether oxygens (including phenoxy) is 2. The molecule has 0 bridgehead atoms. The van der Waals surface area contributed by atoms with Crippen LogP contribution in [-0.2, 0) is 19.6 Å². The maximum atomic E-state index is 13.0. The van der Waals surface area contributed by atoms with E-state index in [-0.39, 0.29) is 42.5 Å². The van der Waals surface area contributed by atoms with Crippen molar-refractivity contribution >= 4 is 21.9 Å². The van der Waals surface area contributed by atoms with Crippen molar-refractivity contribution in [3.8, 4) is 5.75 Å². The molecule has 0 radical (unpaired) electrons. The van der Waals surface area contributed by atoms with E-state index in [2.05, 4.69) is 5.32 Å². The lowest BCUT2D eigenvalue weighted by molar-refractivity contribution is -0.142. The molecule has 2 rings (SSSR count). The zero-order valence-electron chi connectivity index (χ0n) is 16.4. The van der Waals surface area contributed by atoms with Crippen LogP contribution in [0.25, 0.3) is 0 Å². The molecule has 1 heterocycles. The molecule has 1 amide bonds. The van der Waals surface area contributed by atoms with Crippen LogP contribution >= 0.6 is 0 Å². The zero-order valence-corrected chi connectivity index (χ0v) is 17.2. The first-order valence-corrected chi connectivity index (χ1v) is 10.2. The number of carbonyl (C=O) groups is 2. The number of rotatable bonds is 6. The third-order valence-electron chi connectivity index (χ3n) is 4.40. The van der Waals surface area contributed by atoms with Gasteiger partial charge in [0.25, 0.3) is 5.91 Å². The molecular weight excluding hydrogens is 388 g/mol. The molecule has 1 aromatic carbocycles. The van der Waals surface area contributed by atoms with Crippen LogP contribution in [0, 0.1) is 5.41 Å². The predicted octanol–water partition coefficient (Wildman–Crippen LogP) is 0.945. The minimum atomic E-state index is -3.90. The van der Waals surface area contributed by atoms with Crippen molar-refractivity contribution in [1.29, 1.82) is 0 Å². The van der Waals surface area contributed by atoms with Gasteiger partial charge in [0.2, 0.25) is 10.0 Å². The van der Waals surface area contributed by atoms with Gasteiger partial charge >= 0.3 is 5.97 Å². The Morgan fingerprint density at radius 2 is 1.86 bits per heavy atom. The highest BCUT2D eigenvalue weighted by Crippen LogP contribution is 2.29. The minimum Gasteiger partial charge on any atom is -0.495 e. The van der Waals surface area contributed by atoms with E-state index in [9.17, 15) is 23.1 Å². The summed E-state index contributed by atoms with van der Waals surface area (Å²) in [6.45, 7) is 6.04. The highest BCUT2D eigenvalue weighted by atomic mass is 32.2. The number of morpholine rings is 1. The maximum Gasteiger partial charge on any atom is 0.326 e. The second kappa shape index (κ2) is 8.46. The second-order valence-electron chi connectivity index (χ2n) is 7.49. The molecule has 1 aliphatic rings. The molecule has 1 atom stereocenters. The molecule has 1 saturated heterocycles. The number of sulfonamides is 1. The lowest BCUT2D eigenvalue weighted by atomic mass is 9.86. The average molecular weight is 414 g/mol. The summed E-state index contributed by atoms with van der Waals surface area (Å²) >= 11 is 0. The van der Waals surface area contributed by atoms with Crippen molar-refractivity contribution in [2.24, 2.45) is 5.41 Å². The molecule has 156 valence electrons. The second-order valence-corrected chi connectivity index (χ2v) is 9.40. The van der Waals surface area contributed by atoms with E-state index in [1.165, 1.54) is 29.6 Å². The number of nitrogens with one attached hydrogen (secondary N) is 1. The SMILES string of the molecule is COc1ccc(C(=O)NC(C(=O)O)C(C)(C)C)cc1S(=O)(=O)N1CCOCC1. The Kier molecular flexibility index (Phi) is 6.68. The van der Waals surface area contributed by atoms with Crippen molar-refractivity contribution in [3.05, 3.63) is 23.8 Å². The molecule has 1 aromatic rings. The van der Waals surface area contributed by atoms with Gasteiger partial charge in [0.15, 0.2) is 0 Å². The largest absolute Gasteiger partial charge is 0.495 e. The third kappa shape index (κ3) is 4.81. The predicted molar refractivity (Wildman–Crippen MR) is 101 cm³/mol. The summed E-state index contributed by atoms with van der Waals surface area (Å²) in [7, 11) is -2.56. The van der Waals surface area contributed by atoms with Crippen LogP contribution in [0.5, 0.6) is 5.75 Å². The van der Waals surface area contributed by atoms with Gasteiger partial charge in [0, 0.05) is 18.7 Å². The van der Waals surface area contributed by atoms with Crippen LogP contribution in [0.15, 0.2) is 23.1 Å². The van der Waals surface area contributed by atoms with Crippen molar-refractivity contribution in [1.82, 2.24) is 9.62 Å². The van der Waals surface area contributed by atoms with E-state index in [1.807, 2.05) is 0 Å². The quantitative estimate of drug-likeness (QED) is 0.710. The summed E-state index contributed by atoms with van der Waals surface area (Å²) in [6.07, 6.45) is 0. The van der Waals surface area contributed by atoms with Crippen molar-refractivity contribution < 1.29 is 32.6 Å². The molecular formula is C18H26N2O7S. The van der Waals surface area contributed by atoms with E-state index in [0.717, 1.165) is 0 Å². The number of aliphatic carboxylic acids is 1. The Hall–Kier alpha value is -2.17. The molecule has 0 saturated carbocycles. The Bertz CT molecular complexity index is 840. The standard InChI is InChI=1S/C18H26N2O7S/c1-18(2,3)15(17(22)23)19-16(21)12-5-6-13(26-4)14(11-12)28(24,25)20-7-9-27-10-8-20/h5-6,11,15H,7-10H2,1-4H3,(H,19,21)(H,22,23). The van der Waals surface area contributed by atoms with Gasteiger partial charge in [-0.05, 0) is 23.6 Å². The fourth-order valence-corrected chi connectivity index (χ4v) is 4.40. The molecule has 10 heteroatoms.